The van der Waals surface area contributed by atoms with Crippen LogP contribution in [0.3, 0.4) is 0 Å². The summed E-state index contributed by atoms with van der Waals surface area (Å²) in [6, 6.07) is 10.0. The minimum Gasteiger partial charge on any atom is -0.481 e. The Morgan fingerprint density at radius 3 is 2.58 bits per heavy atom. The molecule has 8 nitrogen and oxygen atoms in total. The van der Waals surface area contributed by atoms with Crippen LogP contribution in [0.15, 0.2) is 36.5 Å². The van der Waals surface area contributed by atoms with Crippen molar-refractivity contribution >= 4 is 5.91 Å². The highest BCUT2D eigenvalue weighted by Crippen LogP contribution is 2.49. The number of aryl methyl sites for hydroxylation is 1. The molecule has 1 fully saturated rings. The van der Waals surface area contributed by atoms with Gasteiger partial charge in [-0.1, -0.05) is 19.1 Å². The Morgan fingerprint density at radius 2 is 1.92 bits per heavy atom. The van der Waals surface area contributed by atoms with Gasteiger partial charge in [0.05, 0.1) is 33.5 Å². The maximum Gasteiger partial charge on any atom is 0.254 e. The lowest BCUT2D eigenvalue weighted by Gasteiger charge is -2.43. The number of carbonyl (C=O) groups is 1. The molecule has 0 N–H and O–H groups in total. The SMILES string of the molecule is CCc1ccnc(OC)c1C([CH]COC)(CCCOC)C(COC)c1cccc(C(=O)N2CCOCC2)c1. The number of carbonyl (C=O) groups excluding carboxylic acids is 1. The van der Waals surface area contributed by atoms with Gasteiger partial charge in [-0.15, -0.1) is 0 Å². The average molecular weight is 528 g/mol. The summed E-state index contributed by atoms with van der Waals surface area (Å²) in [5.74, 6) is 0.474. The summed E-state index contributed by atoms with van der Waals surface area (Å²) >= 11 is 0. The summed E-state index contributed by atoms with van der Waals surface area (Å²) in [5, 5.41) is 0. The molecule has 2 aromatic rings. The van der Waals surface area contributed by atoms with Gasteiger partial charge in [0.2, 0.25) is 5.88 Å². The van der Waals surface area contributed by atoms with E-state index in [0.29, 0.717) is 57.6 Å². The standard InChI is InChI=1S/C30H43N2O6/c1-6-23-11-14-31-28(37-5)27(23)30(13-18-35-3,12-8-17-34-2)26(22-36-4)24-9-7-10-25(21-24)29(33)32-15-19-38-20-16-32/h7,9-11,13-14,21,26H,6,8,12,15-20,22H2,1-5H3. The van der Waals surface area contributed by atoms with E-state index in [1.807, 2.05) is 23.1 Å². The molecule has 0 bridgehead atoms. The Balaban J connectivity index is 2.20. The molecule has 2 heterocycles. The van der Waals surface area contributed by atoms with E-state index in [1.54, 1.807) is 34.6 Å². The maximum atomic E-state index is 13.4. The summed E-state index contributed by atoms with van der Waals surface area (Å²) in [6.45, 7) is 5.94. The molecule has 1 radical (unpaired) electrons. The number of nitrogens with zero attached hydrogens (tertiary/aromatic N) is 2. The molecule has 8 heteroatoms. The molecule has 1 aromatic heterocycles. The van der Waals surface area contributed by atoms with Crippen LogP contribution in [0.25, 0.3) is 0 Å². The maximum absolute atomic E-state index is 13.4. The van der Waals surface area contributed by atoms with Crippen LogP contribution < -0.4 is 4.74 Å². The Bertz CT molecular complexity index is 988. The largest absolute Gasteiger partial charge is 0.481 e. The summed E-state index contributed by atoms with van der Waals surface area (Å²) in [5.41, 5.74) is 3.31. The first-order valence-electron chi connectivity index (χ1n) is 13.4. The number of hydrogen-bond acceptors (Lipinski definition) is 7. The molecule has 1 amide bonds. The number of morpholine rings is 1. The fourth-order valence-corrected chi connectivity index (χ4v) is 5.53. The van der Waals surface area contributed by atoms with Gasteiger partial charge in [0.15, 0.2) is 0 Å². The first kappa shape index (κ1) is 30.0. The first-order chi connectivity index (χ1) is 18.6. The molecule has 2 atom stereocenters. The summed E-state index contributed by atoms with van der Waals surface area (Å²) in [7, 11) is 6.79. The highest BCUT2D eigenvalue weighted by molar-refractivity contribution is 5.94. The van der Waals surface area contributed by atoms with Gasteiger partial charge in [-0.3, -0.25) is 4.79 Å². The number of ether oxygens (including phenoxy) is 5. The van der Waals surface area contributed by atoms with Crippen molar-refractivity contribution in [2.24, 2.45) is 0 Å². The lowest BCUT2D eigenvalue weighted by molar-refractivity contribution is 0.0302. The molecule has 2 unspecified atom stereocenters. The molecule has 1 aromatic carbocycles. The van der Waals surface area contributed by atoms with Crippen molar-refractivity contribution in [3.8, 4) is 5.88 Å². The van der Waals surface area contributed by atoms with Gasteiger partial charge < -0.3 is 28.6 Å². The quantitative estimate of drug-likeness (QED) is 0.323. The van der Waals surface area contributed by atoms with Crippen molar-refractivity contribution < 1.29 is 28.5 Å². The van der Waals surface area contributed by atoms with Crippen molar-refractivity contribution in [2.75, 3.05) is 74.6 Å². The summed E-state index contributed by atoms with van der Waals surface area (Å²) in [6.07, 6.45) is 6.40. The van der Waals surface area contributed by atoms with E-state index in [1.165, 1.54) is 0 Å². The Hall–Kier alpha value is -2.52. The van der Waals surface area contributed by atoms with Crippen LogP contribution in [0, 0.1) is 6.42 Å². The second kappa shape index (κ2) is 15.2. The molecule has 38 heavy (non-hydrogen) atoms. The first-order valence-corrected chi connectivity index (χ1v) is 13.4. The second-order valence-corrected chi connectivity index (χ2v) is 9.54. The van der Waals surface area contributed by atoms with Crippen LogP contribution in [0.5, 0.6) is 5.88 Å². The molecule has 1 saturated heterocycles. The van der Waals surface area contributed by atoms with Crippen molar-refractivity contribution in [1.29, 1.82) is 0 Å². The lowest BCUT2D eigenvalue weighted by atomic mass is 9.62. The fourth-order valence-electron chi connectivity index (χ4n) is 5.53. The monoisotopic (exact) mass is 527 g/mol. The van der Waals surface area contributed by atoms with Gasteiger partial charge in [0.25, 0.3) is 5.91 Å². The van der Waals surface area contributed by atoms with Crippen LogP contribution in [0.1, 0.15) is 52.7 Å². The van der Waals surface area contributed by atoms with Crippen molar-refractivity contribution in [3.63, 3.8) is 0 Å². The molecule has 1 aliphatic rings. The number of amides is 1. The number of benzene rings is 1. The van der Waals surface area contributed by atoms with Crippen LogP contribution in [-0.4, -0.2) is 90.4 Å². The zero-order valence-electron chi connectivity index (χ0n) is 23.5. The second-order valence-electron chi connectivity index (χ2n) is 9.54. The van der Waals surface area contributed by atoms with Gasteiger partial charge in [0.1, 0.15) is 0 Å². The summed E-state index contributed by atoms with van der Waals surface area (Å²) in [4.78, 5) is 19.9. The zero-order valence-corrected chi connectivity index (χ0v) is 23.5. The average Bonchev–Trinajstić information content (AvgIpc) is 2.97. The number of rotatable bonds is 15. The van der Waals surface area contributed by atoms with Crippen LogP contribution in [0.2, 0.25) is 0 Å². The van der Waals surface area contributed by atoms with Gasteiger partial charge in [-0.25, -0.2) is 4.98 Å². The topological polar surface area (TPSA) is 79.3 Å². The lowest BCUT2D eigenvalue weighted by Crippen LogP contribution is -2.41. The zero-order chi connectivity index (χ0) is 27.4. The third kappa shape index (κ3) is 6.91. The van der Waals surface area contributed by atoms with Gasteiger partial charge in [0, 0.05) is 69.7 Å². The van der Waals surface area contributed by atoms with Crippen molar-refractivity contribution in [3.05, 3.63) is 65.2 Å². The van der Waals surface area contributed by atoms with Gasteiger partial charge >= 0.3 is 0 Å². The molecule has 209 valence electrons. The molecule has 1 aliphatic heterocycles. The minimum absolute atomic E-state index is 0.0189. The number of methoxy groups -OCH3 is 4. The van der Waals surface area contributed by atoms with Crippen LogP contribution >= 0.6 is 0 Å². The molecule has 3 rings (SSSR count). The number of pyridine rings is 1. The third-order valence-corrected chi connectivity index (χ3v) is 7.38. The predicted molar refractivity (Wildman–Crippen MR) is 147 cm³/mol. The third-order valence-electron chi connectivity index (χ3n) is 7.38. The minimum atomic E-state index is -0.559. The van der Waals surface area contributed by atoms with Gasteiger partial charge in [-0.2, -0.15) is 0 Å². The smallest absolute Gasteiger partial charge is 0.254 e. The molecular formula is C30H43N2O6. The van der Waals surface area contributed by atoms with Gasteiger partial charge in [-0.05, 0) is 55.0 Å². The fraction of sp³-hybridized carbons (Fsp3) is 0.567. The van der Waals surface area contributed by atoms with E-state index in [0.717, 1.165) is 36.0 Å². The molecule has 0 aliphatic carbocycles. The normalized spacial score (nSPS) is 16.2. The molecule has 0 saturated carbocycles. The van der Waals surface area contributed by atoms with E-state index in [2.05, 4.69) is 30.5 Å². The highest BCUT2D eigenvalue weighted by atomic mass is 16.5. The molecular weight excluding hydrogens is 484 g/mol. The summed E-state index contributed by atoms with van der Waals surface area (Å²) < 4.78 is 28.3. The highest BCUT2D eigenvalue weighted by Gasteiger charge is 2.44. The van der Waals surface area contributed by atoms with E-state index >= 15 is 0 Å². The molecule has 0 spiro atoms. The number of aromatic nitrogens is 1. The number of hydrogen-bond donors (Lipinski definition) is 0. The Kier molecular flexibility index (Phi) is 12.0. The Morgan fingerprint density at radius 1 is 1.13 bits per heavy atom. The van der Waals surface area contributed by atoms with E-state index in [4.69, 9.17) is 23.7 Å². The van der Waals surface area contributed by atoms with E-state index in [-0.39, 0.29) is 11.8 Å². The van der Waals surface area contributed by atoms with E-state index in [9.17, 15) is 4.79 Å². The van der Waals surface area contributed by atoms with Crippen LogP contribution in [-0.2, 0) is 30.8 Å². The van der Waals surface area contributed by atoms with Crippen LogP contribution in [0.4, 0.5) is 0 Å². The Labute approximate surface area is 227 Å². The van der Waals surface area contributed by atoms with E-state index < -0.39 is 5.41 Å². The van der Waals surface area contributed by atoms with Crippen molar-refractivity contribution in [2.45, 2.75) is 37.5 Å². The predicted octanol–water partition coefficient (Wildman–Crippen LogP) is 4.07. The van der Waals surface area contributed by atoms with Crippen molar-refractivity contribution in [1.82, 2.24) is 9.88 Å².